The van der Waals surface area contributed by atoms with Crippen LogP contribution in [0.3, 0.4) is 0 Å². The molecule has 0 saturated carbocycles. The highest BCUT2D eigenvalue weighted by Crippen LogP contribution is 1.97. The predicted molar refractivity (Wildman–Crippen MR) is 36.0 cm³/mol. The minimum atomic E-state index is -2.02. The summed E-state index contributed by atoms with van der Waals surface area (Å²) in [5, 5.41) is 24.4. The number of aliphatic carboxylic acids is 3. The number of carboxylic acid groups (broad SMARTS) is 3. The van der Waals surface area contributed by atoms with Gasteiger partial charge in [-0.2, -0.15) is 0 Å². The molecule has 0 unspecified atom stereocenters. The molecule has 7 heteroatoms. The van der Waals surface area contributed by atoms with Crippen LogP contribution in [0.15, 0.2) is 11.6 Å². The summed E-state index contributed by atoms with van der Waals surface area (Å²) in [6, 6.07) is 0. The predicted octanol–water partition coefficient (Wildman–Crippen LogP) is -1.26. The van der Waals surface area contributed by atoms with E-state index >= 15 is 0 Å². The average Bonchev–Trinajstić information content (AvgIpc) is 1.97. The van der Waals surface area contributed by atoms with E-state index in [9.17, 15) is 19.2 Å². The maximum Gasteiger partial charge on any atom is 0.377 e. The number of ketones is 1. The molecule has 0 rings (SSSR count). The van der Waals surface area contributed by atoms with Crippen molar-refractivity contribution in [2.45, 2.75) is 0 Å². The lowest BCUT2D eigenvalue weighted by Crippen LogP contribution is -2.21. The highest BCUT2D eigenvalue weighted by molar-refractivity contribution is 6.46. The fourth-order valence-electron chi connectivity index (χ4n) is 0.463. The molecule has 3 N–H and O–H groups in total. The Kier molecular flexibility index (Phi) is 3.33. The van der Waals surface area contributed by atoms with Crippen LogP contribution in [-0.4, -0.2) is 39.0 Å². The maximum absolute atomic E-state index is 10.5. The van der Waals surface area contributed by atoms with Crippen molar-refractivity contribution >= 4 is 23.7 Å². The van der Waals surface area contributed by atoms with Crippen LogP contribution in [0.2, 0.25) is 0 Å². The zero-order chi connectivity index (χ0) is 10.6. The van der Waals surface area contributed by atoms with Crippen molar-refractivity contribution in [3.8, 4) is 0 Å². The van der Waals surface area contributed by atoms with Gasteiger partial charge < -0.3 is 15.3 Å². The molecule has 0 aliphatic heterocycles. The second-order valence-corrected chi connectivity index (χ2v) is 1.84. The quantitative estimate of drug-likeness (QED) is 0.217. The summed E-state index contributed by atoms with van der Waals surface area (Å²) in [6.45, 7) is 0. The van der Waals surface area contributed by atoms with Crippen LogP contribution in [0.1, 0.15) is 0 Å². The molecule has 70 valence electrons. The summed E-state index contributed by atoms with van der Waals surface area (Å²) in [5.74, 6) is -7.38. The molecule has 0 aliphatic carbocycles. The minimum Gasteiger partial charge on any atom is -0.478 e. The molecule has 0 aromatic rings. The van der Waals surface area contributed by atoms with Gasteiger partial charge >= 0.3 is 17.9 Å². The molecule has 0 heterocycles. The number of Topliss-reactive ketones (excluding diaryl/α,β-unsaturated/α-hetero) is 1. The number of carbonyl (C=O) groups excluding carboxylic acids is 1. The molecule has 0 fully saturated rings. The maximum atomic E-state index is 10.5. The van der Waals surface area contributed by atoms with Gasteiger partial charge in [-0.15, -0.1) is 0 Å². The van der Waals surface area contributed by atoms with E-state index in [1.807, 2.05) is 0 Å². The Morgan fingerprint density at radius 3 is 1.54 bits per heavy atom. The Morgan fingerprint density at radius 1 is 0.846 bits per heavy atom. The Hall–Kier alpha value is -2.18. The zero-order valence-electron chi connectivity index (χ0n) is 6.05. The van der Waals surface area contributed by atoms with E-state index in [1.165, 1.54) is 0 Å². The third-order valence-corrected chi connectivity index (χ3v) is 0.937. The molecular weight excluding hydrogens is 184 g/mol. The van der Waals surface area contributed by atoms with E-state index in [2.05, 4.69) is 0 Å². The van der Waals surface area contributed by atoms with Crippen LogP contribution in [0.5, 0.6) is 0 Å². The van der Waals surface area contributed by atoms with Crippen molar-refractivity contribution in [3.63, 3.8) is 0 Å². The van der Waals surface area contributed by atoms with Crippen LogP contribution >= 0.6 is 0 Å². The highest BCUT2D eigenvalue weighted by Gasteiger charge is 2.24. The number of hydrogen-bond donors (Lipinski definition) is 3. The molecule has 0 radical (unpaired) electrons. The van der Waals surface area contributed by atoms with Crippen LogP contribution in [0.4, 0.5) is 0 Å². The lowest BCUT2D eigenvalue weighted by atomic mass is 10.1. The molecule has 0 spiro atoms. The molecule has 0 saturated heterocycles. The first-order valence-electron chi connectivity index (χ1n) is 2.81. The van der Waals surface area contributed by atoms with Gasteiger partial charge in [-0.25, -0.2) is 14.4 Å². The number of carboxylic acids is 3. The summed E-state index contributed by atoms with van der Waals surface area (Å²) in [5.41, 5.74) is -1.29. The van der Waals surface area contributed by atoms with Gasteiger partial charge in [0, 0.05) is 6.08 Å². The first-order valence-corrected chi connectivity index (χ1v) is 2.81. The fourth-order valence-corrected chi connectivity index (χ4v) is 0.463. The van der Waals surface area contributed by atoms with Crippen LogP contribution < -0.4 is 0 Å². The van der Waals surface area contributed by atoms with Crippen molar-refractivity contribution < 1.29 is 34.5 Å². The first kappa shape index (κ1) is 10.8. The summed E-state index contributed by atoms with van der Waals surface area (Å²) < 4.78 is 0. The van der Waals surface area contributed by atoms with Gasteiger partial charge in [-0.1, -0.05) is 0 Å². The largest absolute Gasteiger partial charge is 0.478 e. The lowest BCUT2D eigenvalue weighted by Gasteiger charge is -1.93. The number of hydrogen-bond acceptors (Lipinski definition) is 4. The lowest BCUT2D eigenvalue weighted by molar-refractivity contribution is -0.149. The summed E-state index contributed by atoms with van der Waals surface area (Å²) in [7, 11) is 0. The van der Waals surface area contributed by atoms with Gasteiger partial charge in [-0.05, 0) is 0 Å². The van der Waals surface area contributed by atoms with Gasteiger partial charge in [0.05, 0.1) is 0 Å². The molecule has 13 heavy (non-hydrogen) atoms. The van der Waals surface area contributed by atoms with E-state index < -0.39 is 29.3 Å². The normalized spacial score (nSPS) is 10.6. The third-order valence-electron chi connectivity index (χ3n) is 0.937. The first-order chi connectivity index (χ1) is 5.86. The third kappa shape index (κ3) is 3.14. The fraction of sp³-hybridized carbons (Fsp3) is 0. The smallest absolute Gasteiger partial charge is 0.377 e. The van der Waals surface area contributed by atoms with E-state index in [1.54, 1.807) is 0 Å². The zero-order valence-corrected chi connectivity index (χ0v) is 6.05. The van der Waals surface area contributed by atoms with E-state index in [4.69, 9.17) is 15.3 Å². The standard InChI is InChI=1S/C6H4O7/c7-3(8)1-2(5(10)11)4(9)6(12)13/h1H,(H,7,8)(H,10,11)(H,12,13)/b2-1+. The monoisotopic (exact) mass is 188 g/mol. The number of rotatable bonds is 4. The highest BCUT2D eigenvalue weighted by atomic mass is 16.4. The second-order valence-electron chi connectivity index (χ2n) is 1.84. The molecule has 7 nitrogen and oxygen atoms in total. The van der Waals surface area contributed by atoms with Gasteiger partial charge in [0.2, 0.25) is 0 Å². The summed E-state index contributed by atoms with van der Waals surface area (Å²) in [4.78, 5) is 40.6. The van der Waals surface area contributed by atoms with Crippen LogP contribution in [-0.2, 0) is 19.2 Å². The molecule has 0 atom stereocenters. The van der Waals surface area contributed by atoms with Crippen molar-refractivity contribution in [2.24, 2.45) is 0 Å². The van der Waals surface area contributed by atoms with Crippen molar-refractivity contribution in [3.05, 3.63) is 11.6 Å². The van der Waals surface area contributed by atoms with Crippen molar-refractivity contribution in [1.29, 1.82) is 0 Å². The van der Waals surface area contributed by atoms with E-state index in [-0.39, 0.29) is 6.08 Å². The molecule has 0 aliphatic rings. The minimum absolute atomic E-state index is 0.0266. The van der Waals surface area contributed by atoms with Gasteiger partial charge in [0.15, 0.2) is 0 Å². The summed E-state index contributed by atoms with van der Waals surface area (Å²) >= 11 is 0. The van der Waals surface area contributed by atoms with Crippen molar-refractivity contribution in [2.75, 3.05) is 0 Å². The average molecular weight is 188 g/mol. The molecule has 0 aromatic carbocycles. The van der Waals surface area contributed by atoms with E-state index in [0.29, 0.717) is 0 Å². The Bertz CT molecular complexity index is 311. The Balaban J connectivity index is 5.05. The van der Waals surface area contributed by atoms with Gasteiger partial charge in [0.25, 0.3) is 5.78 Å². The molecule has 0 amide bonds. The van der Waals surface area contributed by atoms with Gasteiger partial charge in [0.1, 0.15) is 5.57 Å². The second kappa shape index (κ2) is 4.00. The molecular formula is C6H4O7. The number of carbonyl (C=O) groups is 4. The topological polar surface area (TPSA) is 129 Å². The Morgan fingerprint density at radius 2 is 1.31 bits per heavy atom. The summed E-state index contributed by atoms with van der Waals surface area (Å²) in [6.07, 6.45) is 0.0266. The molecule has 0 bridgehead atoms. The van der Waals surface area contributed by atoms with Gasteiger partial charge in [-0.3, -0.25) is 4.79 Å². The van der Waals surface area contributed by atoms with E-state index in [0.717, 1.165) is 0 Å². The molecule has 0 aromatic heterocycles. The van der Waals surface area contributed by atoms with Crippen molar-refractivity contribution in [1.82, 2.24) is 0 Å². The van der Waals surface area contributed by atoms with Crippen LogP contribution in [0, 0.1) is 0 Å². The Labute approximate surface area is 70.9 Å². The SMILES string of the molecule is O=C(O)/C=C(/C(=O)O)C(=O)C(=O)O. The van der Waals surface area contributed by atoms with Crippen LogP contribution in [0.25, 0.3) is 0 Å².